The van der Waals surface area contributed by atoms with Crippen LogP contribution in [0.25, 0.3) is 0 Å². The molecule has 4 aliphatic rings. The number of anilines is 1. The Morgan fingerprint density at radius 3 is 2.58 bits per heavy atom. The second-order valence-corrected chi connectivity index (χ2v) is 10.1. The Bertz CT molecular complexity index is 988. The second-order valence-electron chi connectivity index (χ2n) is 9.14. The number of nitro benzene ring substituents is 1. The summed E-state index contributed by atoms with van der Waals surface area (Å²) < 4.78 is 5.16. The Labute approximate surface area is 183 Å². The average molecular weight is 444 g/mol. The number of benzene rings is 1. The third kappa shape index (κ3) is 3.88. The first kappa shape index (κ1) is 20.3. The Hall–Kier alpha value is -2.62. The minimum Gasteiger partial charge on any atom is -0.494 e. The predicted molar refractivity (Wildman–Crippen MR) is 115 cm³/mol. The number of amides is 1. The molecule has 0 spiro atoms. The molecule has 0 unspecified atom stereocenters. The van der Waals surface area contributed by atoms with Crippen LogP contribution < -0.4 is 10.1 Å². The maximum absolute atomic E-state index is 12.4. The zero-order chi connectivity index (χ0) is 21.6. The summed E-state index contributed by atoms with van der Waals surface area (Å²) in [6, 6.07) is 4.09. The van der Waals surface area contributed by atoms with Gasteiger partial charge >= 0.3 is 0 Å². The lowest BCUT2D eigenvalue weighted by Gasteiger charge is -2.55. The predicted octanol–water partition coefficient (Wildman–Crippen LogP) is 3.92. The number of H-pyrrole nitrogens is 1. The van der Waals surface area contributed by atoms with Crippen molar-refractivity contribution in [1.82, 2.24) is 15.2 Å². The van der Waals surface area contributed by atoms with Crippen molar-refractivity contribution in [2.24, 2.45) is 17.8 Å². The highest BCUT2D eigenvalue weighted by Gasteiger charge is 2.53. The van der Waals surface area contributed by atoms with Crippen LogP contribution in [-0.4, -0.2) is 38.9 Å². The van der Waals surface area contributed by atoms with Crippen LogP contribution in [0.3, 0.4) is 0 Å². The Morgan fingerprint density at radius 2 is 1.97 bits per heavy atom. The van der Waals surface area contributed by atoms with Gasteiger partial charge in [0.05, 0.1) is 29.5 Å². The molecule has 0 aliphatic heterocycles. The lowest BCUT2D eigenvalue weighted by atomic mass is 9.49. The van der Waals surface area contributed by atoms with Crippen LogP contribution in [0.1, 0.15) is 44.3 Å². The number of non-ortho nitro benzene ring substituents is 1. The first-order chi connectivity index (χ1) is 14.9. The van der Waals surface area contributed by atoms with Crippen LogP contribution in [0.2, 0.25) is 0 Å². The van der Waals surface area contributed by atoms with E-state index in [1.54, 1.807) is 0 Å². The molecule has 6 rings (SSSR count). The topological polar surface area (TPSA) is 123 Å². The van der Waals surface area contributed by atoms with E-state index in [0.717, 1.165) is 23.6 Å². The molecular formula is C21H25N5O4S. The minimum absolute atomic E-state index is 0.0952. The van der Waals surface area contributed by atoms with Gasteiger partial charge in [0.15, 0.2) is 0 Å². The molecule has 0 radical (unpaired) electrons. The summed E-state index contributed by atoms with van der Waals surface area (Å²) in [5.74, 6) is 3.61. The first-order valence-corrected chi connectivity index (χ1v) is 11.6. The largest absolute Gasteiger partial charge is 0.494 e. The smallest absolute Gasteiger partial charge is 0.273 e. The van der Waals surface area contributed by atoms with Gasteiger partial charge in [0.25, 0.3) is 5.69 Å². The SMILES string of the molecule is COc1cc([N+](=O)[O-])ccc1NC(=O)CSc1n[nH]c(C23CC4CC(CC(C4)C2)C3)n1. The van der Waals surface area contributed by atoms with Gasteiger partial charge in [-0.2, -0.15) is 0 Å². The van der Waals surface area contributed by atoms with Gasteiger partial charge < -0.3 is 10.1 Å². The van der Waals surface area contributed by atoms with E-state index in [1.807, 2.05) is 0 Å². The normalized spacial score (nSPS) is 28.5. The molecule has 1 aromatic carbocycles. The first-order valence-electron chi connectivity index (χ1n) is 10.6. The van der Waals surface area contributed by atoms with Gasteiger partial charge in [-0.25, -0.2) is 4.98 Å². The van der Waals surface area contributed by atoms with Gasteiger partial charge in [0.2, 0.25) is 11.1 Å². The maximum Gasteiger partial charge on any atom is 0.273 e. The van der Waals surface area contributed by atoms with E-state index in [2.05, 4.69) is 15.5 Å². The van der Waals surface area contributed by atoms with Crippen LogP contribution in [0.15, 0.2) is 23.4 Å². The summed E-state index contributed by atoms with van der Waals surface area (Å²) >= 11 is 1.28. The fourth-order valence-electron chi connectivity index (χ4n) is 6.16. The molecule has 31 heavy (non-hydrogen) atoms. The van der Waals surface area contributed by atoms with Crippen LogP contribution in [0, 0.1) is 27.9 Å². The van der Waals surface area contributed by atoms with Gasteiger partial charge in [-0.15, -0.1) is 5.10 Å². The zero-order valence-electron chi connectivity index (χ0n) is 17.3. The van der Waals surface area contributed by atoms with Crippen molar-refractivity contribution in [3.63, 3.8) is 0 Å². The zero-order valence-corrected chi connectivity index (χ0v) is 18.1. The fourth-order valence-corrected chi connectivity index (χ4v) is 6.76. The van der Waals surface area contributed by atoms with E-state index < -0.39 is 4.92 Å². The molecule has 10 heteroatoms. The van der Waals surface area contributed by atoms with E-state index in [0.29, 0.717) is 10.8 Å². The lowest BCUT2D eigenvalue weighted by molar-refractivity contribution is -0.384. The number of nitro groups is 1. The number of carbonyl (C=O) groups excluding carboxylic acids is 1. The summed E-state index contributed by atoms with van der Waals surface area (Å²) in [7, 11) is 1.41. The molecule has 1 amide bonds. The molecule has 164 valence electrons. The highest BCUT2D eigenvalue weighted by molar-refractivity contribution is 7.99. The van der Waals surface area contributed by atoms with Crippen molar-refractivity contribution in [2.45, 2.75) is 49.1 Å². The van der Waals surface area contributed by atoms with Crippen molar-refractivity contribution in [1.29, 1.82) is 0 Å². The Morgan fingerprint density at radius 1 is 1.29 bits per heavy atom. The van der Waals surface area contributed by atoms with Crippen molar-refractivity contribution >= 4 is 29.0 Å². The molecule has 1 aromatic heterocycles. The number of thioether (sulfide) groups is 1. The summed E-state index contributed by atoms with van der Waals surface area (Å²) in [6.07, 6.45) is 7.75. The number of nitrogens with one attached hydrogen (secondary N) is 2. The van der Waals surface area contributed by atoms with E-state index in [9.17, 15) is 14.9 Å². The number of aromatic nitrogens is 3. The van der Waals surface area contributed by atoms with E-state index in [1.165, 1.54) is 75.6 Å². The van der Waals surface area contributed by atoms with Crippen molar-refractivity contribution < 1.29 is 14.5 Å². The standard InChI is InChI=1S/C21H25N5O4S/c1-30-17-7-15(26(28)29)2-3-16(17)22-18(27)11-31-20-23-19(24-25-20)21-8-12-4-13(9-21)6-14(5-12)10-21/h2-3,7,12-14H,4-6,8-11H2,1H3,(H,22,27)(H,23,24,25). The van der Waals surface area contributed by atoms with Crippen molar-refractivity contribution in [2.75, 3.05) is 18.2 Å². The number of rotatable bonds is 7. The molecule has 2 aromatic rings. The molecule has 1 heterocycles. The van der Waals surface area contributed by atoms with Crippen LogP contribution in [0.4, 0.5) is 11.4 Å². The Kier molecular flexibility index (Phi) is 5.11. The summed E-state index contributed by atoms with van der Waals surface area (Å²) in [6.45, 7) is 0. The van der Waals surface area contributed by atoms with Gasteiger partial charge in [0, 0.05) is 11.5 Å². The molecule has 4 saturated carbocycles. The average Bonchev–Trinajstić information content (AvgIpc) is 3.21. The van der Waals surface area contributed by atoms with E-state index >= 15 is 0 Å². The third-order valence-electron chi connectivity index (χ3n) is 7.01. The van der Waals surface area contributed by atoms with Gasteiger partial charge in [-0.3, -0.25) is 20.0 Å². The highest BCUT2D eigenvalue weighted by atomic mass is 32.2. The number of aromatic amines is 1. The fraction of sp³-hybridized carbons (Fsp3) is 0.571. The maximum atomic E-state index is 12.4. The monoisotopic (exact) mass is 443 g/mol. The number of ether oxygens (including phenoxy) is 1. The van der Waals surface area contributed by atoms with Crippen molar-refractivity contribution in [3.05, 3.63) is 34.1 Å². The minimum atomic E-state index is -0.505. The number of methoxy groups -OCH3 is 1. The molecule has 9 nitrogen and oxygen atoms in total. The number of carbonyl (C=O) groups is 1. The summed E-state index contributed by atoms with van der Waals surface area (Å²) in [5.41, 5.74) is 0.444. The molecule has 2 N–H and O–H groups in total. The summed E-state index contributed by atoms with van der Waals surface area (Å²) in [4.78, 5) is 27.6. The van der Waals surface area contributed by atoms with Gasteiger partial charge in [-0.1, -0.05) is 11.8 Å². The quantitative estimate of drug-likeness (QED) is 0.378. The second kappa shape index (κ2) is 7.81. The summed E-state index contributed by atoms with van der Waals surface area (Å²) in [5, 5.41) is 21.8. The number of hydrogen-bond acceptors (Lipinski definition) is 7. The number of hydrogen-bond donors (Lipinski definition) is 2. The van der Waals surface area contributed by atoms with E-state index in [-0.39, 0.29) is 28.5 Å². The highest BCUT2D eigenvalue weighted by Crippen LogP contribution is 2.60. The van der Waals surface area contributed by atoms with E-state index in [4.69, 9.17) is 9.72 Å². The molecule has 0 saturated heterocycles. The lowest BCUT2D eigenvalue weighted by Crippen LogP contribution is -2.49. The molecular weight excluding hydrogens is 418 g/mol. The molecule has 4 fully saturated rings. The van der Waals surface area contributed by atoms with Gasteiger partial charge in [-0.05, 0) is 62.3 Å². The number of nitrogens with zero attached hydrogens (tertiary/aromatic N) is 3. The molecule has 4 bridgehead atoms. The van der Waals surface area contributed by atoms with Crippen LogP contribution in [-0.2, 0) is 10.2 Å². The van der Waals surface area contributed by atoms with Crippen LogP contribution in [0.5, 0.6) is 5.75 Å². The molecule has 0 atom stereocenters. The van der Waals surface area contributed by atoms with Crippen LogP contribution >= 0.6 is 11.8 Å². The van der Waals surface area contributed by atoms with Crippen molar-refractivity contribution in [3.8, 4) is 5.75 Å². The van der Waals surface area contributed by atoms with Gasteiger partial charge in [0.1, 0.15) is 11.6 Å². The molecule has 4 aliphatic carbocycles. The third-order valence-corrected chi connectivity index (χ3v) is 7.86. The Balaban J connectivity index is 1.21.